The molecular weight excluding hydrogens is 266 g/mol. The summed E-state index contributed by atoms with van der Waals surface area (Å²) in [5.74, 6) is 0.00780. The van der Waals surface area contributed by atoms with Crippen LogP contribution in [0.4, 0.5) is 5.69 Å². The van der Waals surface area contributed by atoms with Crippen molar-refractivity contribution in [3.05, 3.63) is 29.8 Å². The fourth-order valence-corrected chi connectivity index (χ4v) is 2.51. The van der Waals surface area contributed by atoms with E-state index < -0.39 is 5.54 Å². The molecule has 1 aliphatic heterocycles. The Hall–Kier alpha value is -1.88. The van der Waals surface area contributed by atoms with Crippen LogP contribution in [0.3, 0.4) is 0 Å². The smallest absolute Gasteiger partial charge is 0.244 e. The number of amides is 2. The van der Waals surface area contributed by atoms with Gasteiger partial charge in [0, 0.05) is 12.2 Å². The van der Waals surface area contributed by atoms with Gasteiger partial charge in [-0.05, 0) is 50.9 Å². The number of hydrogen-bond donors (Lipinski definition) is 3. The minimum atomic E-state index is -0.473. The van der Waals surface area contributed by atoms with Gasteiger partial charge in [0.2, 0.25) is 11.8 Å². The van der Waals surface area contributed by atoms with Gasteiger partial charge < -0.3 is 16.0 Å². The molecule has 1 unspecified atom stereocenters. The highest BCUT2D eigenvalue weighted by Crippen LogP contribution is 2.21. The molecule has 1 atom stereocenters. The number of carbonyl (C=O) groups excluding carboxylic acids is 2. The number of carbonyl (C=O) groups is 2. The van der Waals surface area contributed by atoms with E-state index in [4.69, 9.17) is 0 Å². The Morgan fingerprint density at radius 1 is 1.29 bits per heavy atom. The molecule has 2 rings (SSSR count). The molecule has 3 N–H and O–H groups in total. The Labute approximate surface area is 125 Å². The summed E-state index contributed by atoms with van der Waals surface area (Å²) in [6.07, 6.45) is 2.24. The lowest BCUT2D eigenvalue weighted by atomic mass is 9.99. The third-order valence-electron chi connectivity index (χ3n) is 3.82. The first-order valence-electron chi connectivity index (χ1n) is 7.45. The van der Waals surface area contributed by atoms with Crippen molar-refractivity contribution < 1.29 is 9.59 Å². The van der Waals surface area contributed by atoms with E-state index in [9.17, 15) is 9.59 Å². The molecule has 1 aromatic rings. The molecule has 21 heavy (non-hydrogen) atoms. The quantitative estimate of drug-likeness (QED) is 0.768. The van der Waals surface area contributed by atoms with Crippen molar-refractivity contribution in [2.45, 2.75) is 38.6 Å². The van der Waals surface area contributed by atoms with Crippen molar-refractivity contribution in [3.63, 3.8) is 0 Å². The van der Waals surface area contributed by atoms with Crippen molar-refractivity contribution in [2.75, 3.05) is 18.4 Å². The largest absolute Gasteiger partial charge is 0.356 e. The molecule has 1 fully saturated rings. The van der Waals surface area contributed by atoms with E-state index in [2.05, 4.69) is 16.0 Å². The lowest BCUT2D eigenvalue weighted by molar-refractivity contribution is -0.121. The molecule has 0 saturated carbocycles. The first kappa shape index (κ1) is 15.5. The van der Waals surface area contributed by atoms with E-state index in [-0.39, 0.29) is 11.8 Å². The molecule has 5 heteroatoms. The maximum Gasteiger partial charge on any atom is 0.244 e. The molecule has 1 aliphatic rings. The fraction of sp³-hybridized carbons (Fsp3) is 0.500. The van der Waals surface area contributed by atoms with Crippen molar-refractivity contribution in [1.29, 1.82) is 0 Å². The van der Waals surface area contributed by atoms with Gasteiger partial charge in [0.15, 0.2) is 0 Å². The van der Waals surface area contributed by atoms with E-state index in [1.807, 2.05) is 38.1 Å². The third-order valence-corrected chi connectivity index (χ3v) is 3.82. The molecule has 0 aromatic heterocycles. The van der Waals surface area contributed by atoms with Crippen molar-refractivity contribution in [2.24, 2.45) is 0 Å². The highest BCUT2D eigenvalue weighted by molar-refractivity contribution is 5.98. The number of nitrogens with one attached hydrogen (secondary N) is 3. The van der Waals surface area contributed by atoms with Gasteiger partial charge in [0.25, 0.3) is 0 Å². The van der Waals surface area contributed by atoms with Gasteiger partial charge in [-0.1, -0.05) is 12.1 Å². The standard InChI is InChI=1S/C16H23N3O2/c1-3-17-14(20)11-12-5-7-13(8-6-12)19-15(21)16(2)9-4-10-18-16/h5-8,18H,3-4,9-11H2,1-2H3,(H,17,20)(H,19,21). The van der Waals surface area contributed by atoms with E-state index >= 15 is 0 Å². The second-order valence-corrected chi connectivity index (χ2v) is 5.64. The van der Waals surface area contributed by atoms with E-state index in [1.54, 1.807) is 0 Å². The van der Waals surface area contributed by atoms with Crippen LogP contribution < -0.4 is 16.0 Å². The number of rotatable bonds is 5. The topological polar surface area (TPSA) is 70.2 Å². The molecule has 5 nitrogen and oxygen atoms in total. The van der Waals surface area contributed by atoms with Gasteiger partial charge in [-0.3, -0.25) is 9.59 Å². The van der Waals surface area contributed by atoms with E-state index in [0.717, 1.165) is 30.6 Å². The Morgan fingerprint density at radius 3 is 2.57 bits per heavy atom. The zero-order valence-electron chi connectivity index (χ0n) is 12.7. The Kier molecular flexibility index (Phi) is 4.96. The lowest BCUT2D eigenvalue weighted by Gasteiger charge is -2.23. The van der Waals surface area contributed by atoms with Gasteiger partial charge in [0.1, 0.15) is 0 Å². The van der Waals surface area contributed by atoms with Crippen LogP contribution in [0.2, 0.25) is 0 Å². The average Bonchev–Trinajstić information content (AvgIpc) is 2.89. The molecule has 114 valence electrons. The van der Waals surface area contributed by atoms with Crippen molar-refractivity contribution >= 4 is 17.5 Å². The normalized spacial score (nSPS) is 21.0. The van der Waals surface area contributed by atoms with Gasteiger partial charge in [0.05, 0.1) is 12.0 Å². The molecule has 1 heterocycles. The van der Waals surface area contributed by atoms with Crippen LogP contribution in [-0.2, 0) is 16.0 Å². The zero-order valence-corrected chi connectivity index (χ0v) is 12.7. The van der Waals surface area contributed by atoms with Crippen LogP contribution in [0.5, 0.6) is 0 Å². The summed E-state index contributed by atoms with van der Waals surface area (Å²) in [4.78, 5) is 23.7. The second kappa shape index (κ2) is 6.72. The van der Waals surface area contributed by atoms with Crippen molar-refractivity contribution in [3.8, 4) is 0 Å². The van der Waals surface area contributed by atoms with Gasteiger partial charge in [-0.25, -0.2) is 0 Å². The number of benzene rings is 1. The molecule has 0 spiro atoms. The molecule has 1 saturated heterocycles. The first-order chi connectivity index (χ1) is 10.0. The monoisotopic (exact) mass is 289 g/mol. The summed E-state index contributed by atoms with van der Waals surface area (Å²) in [5.41, 5.74) is 1.22. The summed E-state index contributed by atoms with van der Waals surface area (Å²) < 4.78 is 0. The maximum absolute atomic E-state index is 12.2. The van der Waals surface area contributed by atoms with Crippen LogP contribution in [0.25, 0.3) is 0 Å². The van der Waals surface area contributed by atoms with Crippen molar-refractivity contribution in [1.82, 2.24) is 10.6 Å². The van der Waals surface area contributed by atoms with Crippen LogP contribution in [-0.4, -0.2) is 30.4 Å². The second-order valence-electron chi connectivity index (χ2n) is 5.64. The first-order valence-corrected chi connectivity index (χ1v) is 7.45. The highest BCUT2D eigenvalue weighted by atomic mass is 16.2. The number of anilines is 1. The fourth-order valence-electron chi connectivity index (χ4n) is 2.51. The van der Waals surface area contributed by atoms with Gasteiger partial charge >= 0.3 is 0 Å². The molecule has 0 aliphatic carbocycles. The summed E-state index contributed by atoms with van der Waals surface area (Å²) in [5, 5.41) is 8.93. The Bertz CT molecular complexity index is 505. The molecular formula is C16H23N3O2. The lowest BCUT2D eigenvalue weighted by Crippen LogP contribution is -2.47. The van der Waals surface area contributed by atoms with Crippen LogP contribution in [0.15, 0.2) is 24.3 Å². The van der Waals surface area contributed by atoms with Crippen LogP contribution in [0, 0.1) is 0 Å². The third kappa shape index (κ3) is 4.04. The van der Waals surface area contributed by atoms with Crippen LogP contribution in [0.1, 0.15) is 32.3 Å². The van der Waals surface area contributed by atoms with Gasteiger partial charge in [-0.15, -0.1) is 0 Å². The molecule has 0 bridgehead atoms. The summed E-state index contributed by atoms with van der Waals surface area (Å²) in [6.45, 7) is 5.35. The Balaban J connectivity index is 1.93. The zero-order chi connectivity index (χ0) is 15.3. The maximum atomic E-state index is 12.2. The van der Waals surface area contributed by atoms with Gasteiger partial charge in [-0.2, -0.15) is 0 Å². The summed E-state index contributed by atoms with van der Waals surface area (Å²) in [6, 6.07) is 7.42. The minimum absolute atomic E-state index is 0.00326. The van der Waals surface area contributed by atoms with E-state index in [0.29, 0.717) is 13.0 Å². The van der Waals surface area contributed by atoms with E-state index in [1.165, 1.54) is 0 Å². The molecule has 0 radical (unpaired) electrons. The number of hydrogen-bond acceptors (Lipinski definition) is 3. The number of likely N-dealkylation sites (N-methyl/N-ethyl adjacent to an activating group) is 1. The average molecular weight is 289 g/mol. The summed E-state index contributed by atoms with van der Waals surface area (Å²) >= 11 is 0. The Morgan fingerprint density at radius 2 is 2.00 bits per heavy atom. The highest BCUT2D eigenvalue weighted by Gasteiger charge is 2.35. The molecule has 1 aromatic carbocycles. The minimum Gasteiger partial charge on any atom is -0.356 e. The molecule has 2 amide bonds. The summed E-state index contributed by atoms with van der Waals surface area (Å²) in [7, 11) is 0. The SMILES string of the molecule is CCNC(=O)Cc1ccc(NC(=O)C2(C)CCCN2)cc1. The predicted octanol–water partition coefficient (Wildman–Crippen LogP) is 1.45. The predicted molar refractivity (Wildman–Crippen MR) is 83.1 cm³/mol. The van der Waals surface area contributed by atoms with Crippen LogP contribution >= 0.6 is 0 Å².